The molecule has 0 bridgehead atoms. The number of nitrogens with zero attached hydrogens (tertiary/aromatic N) is 3. The zero-order chi connectivity index (χ0) is 17.7. The van der Waals surface area contributed by atoms with Crippen LogP contribution in [0.25, 0.3) is 0 Å². The van der Waals surface area contributed by atoms with Gasteiger partial charge in [0.15, 0.2) is 5.96 Å². The van der Waals surface area contributed by atoms with Crippen LogP contribution in [0, 0.1) is 5.92 Å². The lowest BCUT2D eigenvalue weighted by Crippen LogP contribution is -2.38. The lowest BCUT2D eigenvalue weighted by atomic mass is 9.98. The van der Waals surface area contributed by atoms with Crippen LogP contribution in [0.4, 0.5) is 0 Å². The smallest absolute Gasteiger partial charge is 0.191 e. The molecule has 1 unspecified atom stereocenters. The maximum atomic E-state index is 5.97. The van der Waals surface area contributed by atoms with Crippen LogP contribution in [0.5, 0.6) is 0 Å². The van der Waals surface area contributed by atoms with Crippen molar-refractivity contribution in [2.45, 2.75) is 65.0 Å². The molecule has 6 nitrogen and oxygen atoms in total. The largest absolute Gasteiger partial charge is 0.378 e. The van der Waals surface area contributed by atoms with Gasteiger partial charge in [0.25, 0.3) is 0 Å². The second kappa shape index (κ2) is 11.9. The van der Waals surface area contributed by atoms with E-state index in [1.54, 1.807) is 0 Å². The molecule has 1 fully saturated rings. The molecule has 142 valence electrons. The average Bonchev–Trinajstić information content (AvgIpc) is 3.13. The van der Waals surface area contributed by atoms with Crippen molar-refractivity contribution in [3.63, 3.8) is 0 Å². The summed E-state index contributed by atoms with van der Waals surface area (Å²) in [6.07, 6.45) is 11.9. The third kappa shape index (κ3) is 8.38. The number of aliphatic imine (C=N–C) groups is 1. The van der Waals surface area contributed by atoms with Crippen molar-refractivity contribution < 1.29 is 4.74 Å². The summed E-state index contributed by atoms with van der Waals surface area (Å²) in [6, 6.07) is 1.96. The van der Waals surface area contributed by atoms with Crippen LogP contribution in [0.15, 0.2) is 23.5 Å². The molecule has 25 heavy (non-hydrogen) atoms. The molecule has 1 aromatic heterocycles. The molecule has 1 aliphatic rings. The Hall–Kier alpha value is -1.56. The highest BCUT2D eigenvalue weighted by Crippen LogP contribution is 2.20. The van der Waals surface area contributed by atoms with Crippen molar-refractivity contribution >= 4 is 5.96 Å². The predicted octanol–water partition coefficient (Wildman–Crippen LogP) is 2.81. The fourth-order valence-electron chi connectivity index (χ4n) is 3.14. The summed E-state index contributed by atoms with van der Waals surface area (Å²) in [6.45, 7) is 8.58. The second-order valence-electron chi connectivity index (χ2n) is 6.96. The van der Waals surface area contributed by atoms with Gasteiger partial charge < -0.3 is 15.4 Å². The number of hydrogen-bond acceptors (Lipinski definition) is 3. The van der Waals surface area contributed by atoms with Crippen LogP contribution in [-0.4, -0.2) is 48.1 Å². The van der Waals surface area contributed by atoms with E-state index >= 15 is 0 Å². The number of nitrogens with one attached hydrogen (secondary N) is 2. The SMILES string of the molecule is CCNC(=NCC(C)Cn1cccn1)NCCCOC1CCCCC1. The second-order valence-corrected chi connectivity index (χ2v) is 6.96. The summed E-state index contributed by atoms with van der Waals surface area (Å²) in [5, 5.41) is 11.0. The van der Waals surface area contributed by atoms with Gasteiger partial charge >= 0.3 is 0 Å². The number of hydrogen-bond donors (Lipinski definition) is 2. The summed E-state index contributed by atoms with van der Waals surface area (Å²) >= 11 is 0. The minimum atomic E-state index is 0.449. The minimum absolute atomic E-state index is 0.449. The first-order valence-corrected chi connectivity index (χ1v) is 9.89. The van der Waals surface area contributed by atoms with Crippen LogP contribution < -0.4 is 10.6 Å². The van der Waals surface area contributed by atoms with Crippen LogP contribution in [0.1, 0.15) is 52.4 Å². The zero-order valence-electron chi connectivity index (χ0n) is 15.9. The standard InChI is InChI=1S/C19H35N5O/c1-3-20-19(22-15-17(2)16-24-13-7-12-23-24)21-11-8-14-25-18-9-5-4-6-10-18/h7,12-13,17-18H,3-6,8-11,14-16H2,1-2H3,(H2,20,21,22). The van der Waals surface area contributed by atoms with Crippen molar-refractivity contribution in [2.24, 2.45) is 10.9 Å². The van der Waals surface area contributed by atoms with Crippen LogP contribution in [0.2, 0.25) is 0 Å². The molecule has 0 spiro atoms. The molecule has 2 rings (SSSR count). The topological polar surface area (TPSA) is 63.5 Å². The molecule has 0 amide bonds. The van der Waals surface area contributed by atoms with E-state index in [0.29, 0.717) is 12.0 Å². The van der Waals surface area contributed by atoms with E-state index < -0.39 is 0 Å². The molecule has 0 aromatic carbocycles. The summed E-state index contributed by atoms with van der Waals surface area (Å²) in [7, 11) is 0. The molecule has 1 atom stereocenters. The van der Waals surface area contributed by atoms with Gasteiger partial charge in [-0.25, -0.2) is 0 Å². The third-order valence-electron chi connectivity index (χ3n) is 4.48. The first-order valence-electron chi connectivity index (χ1n) is 9.89. The molecule has 0 radical (unpaired) electrons. The van der Waals surface area contributed by atoms with Crippen LogP contribution >= 0.6 is 0 Å². The van der Waals surface area contributed by atoms with Crippen molar-refractivity contribution in [3.05, 3.63) is 18.5 Å². The van der Waals surface area contributed by atoms with Gasteiger partial charge in [-0.05, 0) is 38.2 Å². The van der Waals surface area contributed by atoms with Crippen molar-refractivity contribution in [2.75, 3.05) is 26.2 Å². The lowest BCUT2D eigenvalue weighted by Gasteiger charge is -2.22. The molecule has 2 N–H and O–H groups in total. The Bertz CT molecular complexity index is 468. The molecular formula is C19H35N5O. The van der Waals surface area contributed by atoms with Gasteiger partial charge in [0.1, 0.15) is 0 Å². The Morgan fingerprint density at radius 2 is 2.16 bits per heavy atom. The van der Waals surface area contributed by atoms with Gasteiger partial charge in [-0.3, -0.25) is 9.67 Å². The number of rotatable bonds is 10. The monoisotopic (exact) mass is 349 g/mol. The van der Waals surface area contributed by atoms with E-state index in [-0.39, 0.29) is 0 Å². The third-order valence-corrected chi connectivity index (χ3v) is 4.48. The fraction of sp³-hybridized carbons (Fsp3) is 0.789. The molecule has 0 saturated heterocycles. The van der Waals surface area contributed by atoms with E-state index in [1.807, 2.05) is 23.1 Å². The molecule has 1 aromatic rings. The maximum absolute atomic E-state index is 5.97. The number of ether oxygens (including phenoxy) is 1. The van der Waals surface area contributed by atoms with Crippen LogP contribution in [0.3, 0.4) is 0 Å². The van der Waals surface area contributed by atoms with Gasteiger partial charge in [0.2, 0.25) is 0 Å². The highest BCUT2D eigenvalue weighted by Gasteiger charge is 2.13. The highest BCUT2D eigenvalue weighted by molar-refractivity contribution is 5.79. The summed E-state index contributed by atoms with van der Waals surface area (Å²) in [4.78, 5) is 4.69. The maximum Gasteiger partial charge on any atom is 0.191 e. The van der Waals surface area contributed by atoms with Gasteiger partial charge in [0.05, 0.1) is 6.10 Å². The van der Waals surface area contributed by atoms with E-state index in [2.05, 4.69) is 29.6 Å². The average molecular weight is 350 g/mol. The van der Waals surface area contributed by atoms with Gasteiger partial charge in [-0.2, -0.15) is 5.10 Å². The fourth-order valence-corrected chi connectivity index (χ4v) is 3.14. The molecule has 0 aliphatic heterocycles. The molecule has 1 heterocycles. The quantitative estimate of drug-likeness (QED) is 0.387. The first kappa shape index (κ1) is 19.8. The normalized spacial score (nSPS) is 17.4. The van der Waals surface area contributed by atoms with Gasteiger partial charge in [-0.1, -0.05) is 26.2 Å². The van der Waals surface area contributed by atoms with Crippen molar-refractivity contribution in [1.29, 1.82) is 0 Å². The minimum Gasteiger partial charge on any atom is -0.378 e. The first-order chi connectivity index (χ1) is 12.3. The summed E-state index contributed by atoms with van der Waals surface area (Å²) in [5.41, 5.74) is 0. The Morgan fingerprint density at radius 3 is 2.88 bits per heavy atom. The Labute approximate surface area is 152 Å². The molecule has 6 heteroatoms. The van der Waals surface area contributed by atoms with E-state index in [9.17, 15) is 0 Å². The summed E-state index contributed by atoms with van der Waals surface area (Å²) in [5.74, 6) is 1.34. The Morgan fingerprint density at radius 1 is 1.32 bits per heavy atom. The highest BCUT2D eigenvalue weighted by atomic mass is 16.5. The lowest BCUT2D eigenvalue weighted by molar-refractivity contribution is 0.0277. The van der Waals surface area contributed by atoms with Gasteiger partial charge in [0, 0.05) is 45.2 Å². The molecular weight excluding hydrogens is 314 g/mol. The van der Waals surface area contributed by atoms with E-state index in [4.69, 9.17) is 9.73 Å². The zero-order valence-corrected chi connectivity index (χ0v) is 15.9. The van der Waals surface area contributed by atoms with Crippen molar-refractivity contribution in [1.82, 2.24) is 20.4 Å². The number of aromatic nitrogens is 2. The van der Waals surface area contributed by atoms with E-state index in [1.165, 1.54) is 32.1 Å². The Kier molecular flexibility index (Phi) is 9.41. The van der Waals surface area contributed by atoms with E-state index in [0.717, 1.165) is 45.2 Å². The van der Waals surface area contributed by atoms with Crippen molar-refractivity contribution in [3.8, 4) is 0 Å². The number of guanidine groups is 1. The molecule has 1 saturated carbocycles. The predicted molar refractivity (Wildman–Crippen MR) is 103 cm³/mol. The van der Waals surface area contributed by atoms with Gasteiger partial charge in [-0.15, -0.1) is 0 Å². The Balaban J connectivity index is 1.61. The van der Waals surface area contributed by atoms with Crippen LogP contribution in [-0.2, 0) is 11.3 Å². The summed E-state index contributed by atoms with van der Waals surface area (Å²) < 4.78 is 7.93. The molecule has 1 aliphatic carbocycles.